The van der Waals surface area contributed by atoms with Crippen LogP contribution < -0.4 is 5.73 Å². The first-order valence-corrected chi connectivity index (χ1v) is 7.48. The fourth-order valence-corrected chi connectivity index (χ4v) is 3.20. The Kier molecular flexibility index (Phi) is 4.55. The van der Waals surface area contributed by atoms with Gasteiger partial charge in [0.2, 0.25) is 11.8 Å². The predicted molar refractivity (Wildman–Crippen MR) is 79.4 cm³/mol. The zero-order valence-corrected chi connectivity index (χ0v) is 13.1. The van der Waals surface area contributed by atoms with Gasteiger partial charge in [0, 0.05) is 25.9 Å². The fraction of sp³-hybridized carbons (Fsp3) is 0.667. The van der Waals surface area contributed by atoms with Crippen LogP contribution in [0.2, 0.25) is 0 Å². The number of likely N-dealkylation sites (tertiary alicyclic amines) is 1. The topological polar surface area (TPSA) is 92.9 Å². The van der Waals surface area contributed by atoms with Crippen LogP contribution in [0.15, 0.2) is 12.7 Å². The Labute approximate surface area is 130 Å². The normalized spacial score (nSPS) is 22.2. The molecule has 2 aliphatic heterocycles. The molecule has 0 aromatic rings. The lowest BCUT2D eigenvalue weighted by atomic mass is 9.89. The Bertz CT molecular complexity index is 495. The first-order valence-electron chi connectivity index (χ1n) is 7.48. The van der Waals surface area contributed by atoms with Gasteiger partial charge in [0.15, 0.2) is 5.60 Å². The molecule has 0 saturated carbocycles. The highest BCUT2D eigenvalue weighted by Crippen LogP contribution is 2.35. The molecule has 1 spiro atoms. The summed E-state index contributed by atoms with van der Waals surface area (Å²) in [6.45, 7) is 8.10. The van der Waals surface area contributed by atoms with Crippen molar-refractivity contribution in [3.63, 3.8) is 0 Å². The van der Waals surface area contributed by atoms with Gasteiger partial charge in [-0.3, -0.25) is 14.4 Å². The minimum atomic E-state index is -0.930. The number of carbonyl (C=O) groups excluding carboxylic acids is 3. The Morgan fingerprint density at radius 2 is 1.95 bits per heavy atom. The maximum absolute atomic E-state index is 12.7. The lowest BCUT2D eigenvalue weighted by Gasteiger charge is -2.37. The van der Waals surface area contributed by atoms with E-state index in [0.717, 1.165) is 0 Å². The molecule has 22 heavy (non-hydrogen) atoms. The third kappa shape index (κ3) is 2.72. The van der Waals surface area contributed by atoms with Gasteiger partial charge in [-0.1, -0.05) is 20.4 Å². The van der Waals surface area contributed by atoms with Crippen LogP contribution in [0.4, 0.5) is 0 Å². The maximum Gasteiger partial charge on any atom is 0.257 e. The Morgan fingerprint density at radius 3 is 2.41 bits per heavy atom. The average molecular weight is 309 g/mol. The van der Waals surface area contributed by atoms with Crippen LogP contribution in [0.5, 0.6) is 0 Å². The summed E-state index contributed by atoms with van der Waals surface area (Å²) in [6.07, 6.45) is 2.11. The Balaban J connectivity index is 2.10. The quantitative estimate of drug-likeness (QED) is 0.732. The molecule has 2 aliphatic rings. The van der Waals surface area contributed by atoms with E-state index in [1.807, 2.05) is 13.8 Å². The van der Waals surface area contributed by atoms with E-state index in [1.54, 1.807) is 4.90 Å². The van der Waals surface area contributed by atoms with E-state index in [1.165, 1.54) is 11.0 Å². The Hall–Kier alpha value is -1.89. The second kappa shape index (κ2) is 6.08. The number of hydrogen-bond donors (Lipinski definition) is 1. The van der Waals surface area contributed by atoms with Gasteiger partial charge in [-0.15, -0.1) is 0 Å². The summed E-state index contributed by atoms with van der Waals surface area (Å²) in [4.78, 5) is 39.1. The van der Waals surface area contributed by atoms with Crippen LogP contribution in [-0.4, -0.2) is 59.0 Å². The molecule has 122 valence electrons. The highest BCUT2D eigenvalue weighted by Gasteiger charge is 2.52. The number of piperidine rings is 1. The molecule has 2 rings (SSSR count). The van der Waals surface area contributed by atoms with Gasteiger partial charge in [0.25, 0.3) is 5.91 Å². The van der Waals surface area contributed by atoms with Crippen molar-refractivity contribution in [3.8, 4) is 0 Å². The van der Waals surface area contributed by atoms with Gasteiger partial charge in [-0.2, -0.15) is 0 Å². The highest BCUT2D eigenvalue weighted by molar-refractivity contribution is 5.93. The van der Waals surface area contributed by atoms with Gasteiger partial charge in [-0.25, -0.2) is 0 Å². The van der Waals surface area contributed by atoms with E-state index >= 15 is 0 Å². The molecular formula is C15H23N3O4. The summed E-state index contributed by atoms with van der Waals surface area (Å²) in [5, 5.41) is 0. The van der Waals surface area contributed by atoms with E-state index in [-0.39, 0.29) is 24.5 Å². The molecule has 2 saturated heterocycles. The second-order valence-corrected chi connectivity index (χ2v) is 6.16. The van der Waals surface area contributed by atoms with Gasteiger partial charge in [0.1, 0.15) is 12.8 Å². The largest absolute Gasteiger partial charge is 0.368 e. The van der Waals surface area contributed by atoms with Crippen LogP contribution in [0, 0.1) is 5.92 Å². The number of rotatable bonds is 4. The first-order chi connectivity index (χ1) is 10.3. The molecule has 0 aromatic carbocycles. The number of amides is 3. The lowest BCUT2D eigenvalue weighted by molar-refractivity contribution is -0.146. The van der Waals surface area contributed by atoms with Crippen molar-refractivity contribution >= 4 is 17.7 Å². The zero-order chi connectivity index (χ0) is 16.5. The summed E-state index contributed by atoms with van der Waals surface area (Å²) in [6, 6.07) is -0.667. The average Bonchev–Trinajstić information content (AvgIpc) is 2.77. The number of nitrogens with zero attached hydrogens (tertiary/aromatic N) is 2. The molecule has 0 bridgehead atoms. The van der Waals surface area contributed by atoms with Crippen molar-refractivity contribution in [1.82, 2.24) is 9.80 Å². The van der Waals surface area contributed by atoms with Crippen molar-refractivity contribution in [3.05, 3.63) is 12.7 Å². The number of ether oxygens (including phenoxy) is 1. The van der Waals surface area contributed by atoms with Crippen LogP contribution in [0.25, 0.3) is 0 Å². The monoisotopic (exact) mass is 309 g/mol. The third-order valence-electron chi connectivity index (χ3n) is 4.45. The van der Waals surface area contributed by atoms with Crippen molar-refractivity contribution in [2.75, 3.05) is 19.8 Å². The minimum Gasteiger partial charge on any atom is -0.368 e. The lowest BCUT2D eigenvalue weighted by Crippen LogP contribution is -2.55. The van der Waals surface area contributed by atoms with Crippen molar-refractivity contribution in [2.24, 2.45) is 11.7 Å². The molecule has 2 fully saturated rings. The van der Waals surface area contributed by atoms with E-state index < -0.39 is 17.6 Å². The van der Waals surface area contributed by atoms with Crippen molar-refractivity contribution in [2.45, 2.75) is 38.3 Å². The number of nitrogens with two attached hydrogens (primary N) is 1. The van der Waals surface area contributed by atoms with Crippen LogP contribution in [0.1, 0.15) is 26.7 Å². The van der Waals surface area contributed by atoms with Crippen LogP contribution >= 0.6 is 0 Å². The van der Waals surface area contributed by atoms with Crippen molar-refractivity contribution < 1.29 is 19.1 Å². The van der Waals surface area contributed by atoms with Crippen LogP contribution in [-0.2, 0) is 19.1 Å². The molecule has 1 atom stereocenters. The summed E-state index contributed by atoms with van der Waals surface area (Å²) in [5.74, 6) is -0.948. The molecule has 3 amide bonds. The standard InChI is InChI=1S/C15H23N3O4/c1-4-11(19)17-7-5-15(6-8-17)14(21)18(9-22-15)12(10(2)3)13(16)20/h4,10,12H,1,5-9H2,2-3H3,(H2,16,20)/t12-/m0/s1. The maximum atomic E-state index is 12.7. The molecule has 7 heteroatoms. The molecule has 0 radical (unpaired) electrons. The summed E-state index contributed by atoms with van der Waals surface area (Å²) < 4.78 is 5.75. The van der Waals surface area contributed by atoms with E-state index in [0.29, 0.717) is 25.9 Å². The highest BCUT2D eigenvalue weighted by atomic mass is 16.5. The molecule has 2 heterocycles. The van der Waals surface area contributed by atoms with E-state index in [2.05, 4.69) is 6.58 Å². The van der Waals surface area contributed by atoms with Gasteiger partial charge >= 0.3 is 0 Å². The second-order valence-electron chi connectivity index (χ2n) is 6.16. The van der Waals surface area contributed by atoms with E-state index in [4.69, 9.17) is 10.5 Å². The summed E-state index contributed by atoms with van der Waals surface area (Å²) >= 11 is 0. The van der Waals surface area contributed by atoms with Crippen molar-refractivity contribution in [1.29, 1.82) is 0 Å². The molecule has 2 N–H and O–H groups in total. The minimum absolute atomic E-state index is 0.0695. The number of hydrogen-bond acceptors (Lipinski definition) is 4. The molecule has 0 aromatic heterocycles. The van der Waals surface area contributed by atoms with Gasteiger partial charge < -0.3 is 20.3 Å². The van der Waals surface area contributed by atoms with Gasteiger partial charge in [0.05, 0.1) is 0 Å². The molecular weight excluding hydrogens is 286 g/mol. The molecule has 0 unspecified atom stereocenters. The Morgan fingerprint density at radius 1 is 1.36 bits per heavy atom. The zero-order valence-electron chi connectivity index (χ0n) is 13.1. The summed E-state index contributed by atoms with van der Waals surface area (Å²) in [7, 11) is 0. The first kappa shape index (κ1) is 16.5. The number of carbonyl (C=O) groups is 3. The van der Waals surface area contributed by atoms with Crippen LogP contribution in [0.3, 0.4) is 0 Å². The fourth-order valence-electron chi connectivity index (χ4n) is 3.20. The molecule has 7 nitrogen and oxygen atoms in total. The predicted octanol–water partition coefficient (Wildman–Crippen LogP) is -0.140. The smallest absolute Gasteiger partial charge is 0.257 e. The summed E-state index contributed by atoms with van der Waals surface area (Å²) in [5.41, 5.74) is 4.50. The van der Waals surface area contributed by atoms with Gasteiger partial charge in [-0.05, 0) is 12.0 Å². The molecule has 0 aliphatic carbocycles. The number of primary amides is 1. The third-order valence-corrected chi connectivity index (χ3v) is 4.45. The SMILES string of the molecule is C=CC(=O)N1CCC2(CC1)OCN([C@H](C(N)=O)C(C)C)C2=O. The van der Waals surface area contributed by atoms with E-state index in [9.17, 15) is 14.4 Å².